The molecule has 0 saturated carbocycles. The van der Waals surface area contributed by atoms with Crippen molar-refractivity contribution >= 4 is 23.5 Å². The molecule has 0 aliphatic heterocycles. The summed E-state index contributed by atoms with van der Waals surface area (Å²) in [4.78, 5) is 24.7. The zero-order valence-electron chi connectivity index (χ0n) is 13.1. The predicted molar refractivity (Wildman–Crippen MR) is 84.8 cm³/mol. The van der Waals surface area contributed by atoms with Crippen LogP contribution in [0.3, 0.4) is 0 Å². The largest absolute Gasteiger partial charge is 0.480 e. The van der Waals surface area contributed by atoms with Crippen LogP contribution in [0.2, 0.25) is 5.02 Å². The molecule has 24 heavy (non-hydrogen) atoms. The number of aromatic nitrogens is 3. The van der Waals surface area contributed by atoms with Crippen LogP contribution in [0.5, 0.6) is 0 Å². The molecule has 0 fully saturated rings. The summed E-state index contributed by atoms with van der Waals surface area (Å²) in [6, 6.07) is 4.08. The zero-order chi connectivity index (χ0) is 17.9. The molecule has 2 aromatic rings. The van der Waals surface area contributed by atoms with E-state index in [-0.39, 0.29) is 22.4 Å². The lowest BCUT2D eigenvalue weighted by atomic mass is 10.2. The van der Waals surface area contributed by atoms with E-state index < -0.39 is 24.2 Å². The minimum atomic E-state index is -1.13. The number of nitrogens with zero attached hydrogens (tertiary/aromatic N) is 4. The molecule has 0 radical (unpaired) electrons. The van der Waals surface area contributed by atoms with Crippen molar-refractivity contribution in [3.8, 4) is 5.69 Å². The number of carbonyl (C=O) groups excluding carboxylic acids is 1. The van der Waals surface area contributed by atoms with Gasteiger partial charge in [-0.25, -0.2) is 9.07 Å². The SMILES string of the molecule is CCC(C)N(CC(=O)O)C(=O)c1cn(-c2cccc(Cl)c2F)nn1. The Hall–Kier alpha value is -2.48. The molecule has 128 valence electrons. The first-order valence-corrected chi connectivity index (χ1v) is 7.62. The van der Waals surface area contributed by atoms with Crippen molar-refractivity contribution < 1.29 is 19.1 Å². The van der Waals surface area contributed by atoms with Gasteiger partial charge in [0.25, 0.3) is 5.91 Å². The van der Waals surface area contributed by atoms with Gasteiger partial charge in [0, 0.05) is 6.04 Å². The van der Waals surface area contributed by atoms with E-state index in [1.54, 1.807) is 13.0 Å². The van der Waals surface area contributed by atoms with E-state index in [4.69, 9.17) is 16.7 Å². The smallest absolute Gasteiger partial charge is 0.323 e. The van der Waals surface area contributed by atoms with Gasteiger partial charge in [-0.15, -0.1) is 5.10 Å². The van der Waals surface area contributed by atoms with Crippen LogP contribution in [0.4, 0.5) is 4.39 Å². The van der Waals surface area contributed by atoms with Crippen LogP contribution in [-0.2, 0) is 4.79 Å². The third kappa shape index (κ3) is 3.70. The van der Waals surface area contributed by atoms with Gasteiger partial charge in [0.15, 0.2) is 11.5 Å². The monoisotopic (exact) mass is 354 g/mol. The normalized spacial score (nSPS) is 12.0. The fraction of sp³-hybridized carbons (Fsp3) is 0.333. The van der Waals surface area contributed by atoms with Crippen LogP contribution in [0.25, 0.3) is 5.69 Å². The van der Waals surface area contributed by atoms with E-state index in [0.29, 0.717) is 6.42 Å². The van der Waals surface area contributed by atoms with E-state index in [9.17, 15) is 14.0 Å². The summed E-state index contributed by atoms with van der Waals surface area (Å²) >= 11 is 5.72. The maximum Gasteiger partial charge on any atom is 0.323 e. The highest BCUT2D eigenvalue weighted by Gasteiger charge is 2.25. The average Bonchev–Trinajstić information content (AvgIpc) is 3.03. The van der Waals surface area contributed by atoms with E-state index in [0.717, 1.165) is 4.68 Å². The fourth-order valence-electron chi connectivity index (χ4n) is 2.09. The topological polar surface area (TPSA) is 88.3 Å². The van der Waals surface area contributed by atoms with Crippen LogP contribution < -0.4 is 0 Å². The van der Waals surface area contributed by atoms with Gasteiger partial charge in [0.05, 0.1) is 11.2 Å². The number of hydrogen-bond donors (Lipinski definition) is 1. The summed E-state index contributed by atoms with van der Waals surface area (Å²) in [5, 5.41) is 16.4. The molecule has 0 aliphatic rings. The second-order valence-electron chi connectivity index (χ2n) is 5.21. The first kappa shape index (κ1) is 17.9. The van der Waals surface area contributed by atoms with Gasteiger partial charge in [0.2, 0.25) is 0 Å². The van der Waals surface area contributed by atoms with E-state index in [1.807, 2.05) is 6.92 Å². The van der Waals surface area contributed by atoms with E-state index in [2.05, 4.69) is 10.3 Å². The Labute approximate surface area is 142 Å². The van der Waals surface area contributed by atoms with Gasteiger partial charge in [-0.3, -0.25) is 9.59 Å². The molecular formula is C15H16ClFN4O3. The van der Waals surface area contributed by atoms with Crippen LogP contribution in [0, 0.1) is 5.82 Å². The first-order valence-electron chi connectivity index (χ1n) is 7.24. The molecular weight excluding hydrogens is 339 g/mol. The Balaban J connectivity index is 2.33. The molecule has 9 heteroatoms. The van der Waals surface area contributed by atoms with Crippen molar-refractivity contribution in [2.45, 2.75) is 26.3 Å². The number of carbonyl (C=O) groups is 2. The number of carboxylic acids is 1. The average molecular weight is 355 g/mol. The molecule has 7 nitrogen and oxygen atoms in total. The van der Waals surface area contributed by atoms with Crippen LogP contribution >= 0.6 is 11.6 Å². The molecule has 1 heterocycles. The van der Waals surface area contributed by atoms with Crippen molar-refractivity contribution in [3.05, 3.63) is 40.9 Å². The predicted octanol–water partition coefficient (Wildman–Crippen LogP) is 2.39. The summed E-state index contributed by atoms with van der Waals surface area (Å²) in [6.45, 7) is 3.12. The van der Waals surface area contributed by atoms with Gasteiger partial charge in [-0.1, -0.05) is 29.8 Å². The molecule has 0 bridgehead atoms. The summed E-state index contributed by atoms with van der Waals surface area (Å²) < 4.78 is 15.1. The molecule has 1 amide bonds. The number of carboxylic acid groups (broad SMARTS) is 1. The van der Waals surface area contributed by atoms with Crippen molar-refractivity contribution in [1.82, 2.24) is 19.9 Å². The Kier molecular flexibility index (Phi) is 5.50. The van der Waals surface area contributed by atoms with Crippen LogP contribution in [0.1, 0.15) is 30.8 Å². The van der Waals surface area contributed by atoms with Crippen molar-refractivity contribution in [1.29, 1.82) is 0 Å². The molecule has 1 unspecified atom stereocenters. The van der Waals surface area contributed by atoms with Crippen molar-refractivity contribution in [2.24, 2.45) is 0 Å². The lowest BCUT2D eigenvalue weighted by Crippen LogP contribution is -2.42. The highest BCUT2D eigenvalue weighted by atomic mass is 35.5. The second kappa shape index (κ2) is 7.39. The Morgan fingerprint density at radius 3 is 2.79 bits per heavy atom. The zero-order valence-corrected chi connectivity index (χ0v) is 13.9. The van der Waals surface area contributed by atoms with Crippen molar-refractivity contribution in [2.75, 3.05) is 6.54 Å². The summed E-state index contributed by atoms with van der Waals surface area (Å²) in [5.41, 5.74) is -0.0294. The third-order valence-electron chi connectivity index (χ3n) is 3.58. The van der Waals surface area contributed by atoms with E-state index in [1.165, 1.54) is 23.2 Å². The van der Waals surface area contributed by atoms with Gasteiger partial charge in [0.1, 0.15) is 12.2 Å². The standard InChI is InChI=1S/C15H16ClFN4O3/c1-3-9(2)20(8-13(22)23)15(24)11-7-21(19-18-11)12-6-4-5-10(16)14(12)17/h4-7,9H,3,8H2,1-2H3,(H,22,23). The molecule has 1 atom stereocenters. The lowest BCUT2D eigenvalue weighted by Gasteiger charge is -2.25. The molecule has 2 rings (SSSR count). The van der Waals surface area contributed by atoms with Crippen LogP contribution in [0.15, 0.2) is 24.4 Å². The number of aliphatic carboxylic acids is 1. The number of halogens is 2. The Bertz CT molecular complexity index is 765. The third-order valence-corrected chi connectivity index (χ3v) is 3.87. The van der Waals surface area contributed by atoms with Gasteiger partial charge in [-0.05, 0) is 25.5 Å². The minimum Gasteiger partial charge on any atom is -0.480 e. The summed E-state index contributed by atoms with van der Waals surface area (Å²) in [6.07, 6.45) is 1.82. The lowest BCUT2D eigenvalue weighted by molar-refractivity contribution is -0.138. The molecule has 0 spiro atoms. The molecule has 0 saturated heterocycles. The second-order valence-corrected chi connectivity index (χ2v) is 5.61. The highest BCUT2D eigenvalue weighted by Crippen LogP contribution is 2.21. The summed E-state index contributed by atoms with van der Waals surface area (Å²) in [5.74, 6) is -2.40. The Morgan fingerprint density at radius 2 is 2.17 bits per heavy atom. The highest BCUT2D eigenvalue weighted by molar-refractivity contribution is 6.30. The molecule has 1 aromatic carbocycles. The molecule has 1 N–H and O–H groups in total. The molecule has 0 aliphatic carbocycles. The van der Waals surface area contributed by atoms with Gasteiger partial charge >= 0.3 is 5.97 Å². The number of rotatable bonds is 6. The quantitative estimate of drug-likeness (QED) is 0.860. The first-order chi connectivity index (χ1) is 11.3. The maximum absolute atomic E-state index is 14.0. The van der Waals surface area contributed by atoms with Gasteiger partial charge < -0.3 is 10.0 Å². The Morgan fingerprint density at radius 1 is 1.46 bits per heavy atom. The minimum absolute atomic E-state index is 0.0439. The maximum atomic E-state index is 14.0. The number of amides is 1. The molecule has 1 aromatic heterocycles. The van der Waals surface area contributed by atoms with Crippen LogP contribution in [-0.4, -0.2) is 49.5 Å². The fourth-order valence-corrected chi connectivity index (χ4v) is 2.26. The number of benzene rings is 1. The van der Waals surface area contributed by atoms with Gasteiger partial charge in [-0.2, -0.15) is 0 Å². The number of hydrogen-bond acceptors (Lipinski definition) is 4. The summed E-state index contributed by atoms with van der Waals surface area (Å²) in [7, 11) is 0. The van der Waals surface area contributed by atoms with Crippen molar-refractivity contribution in [3.63, 3.8) is 0 Å². The van der Waals surface area contributed by atoms with E-state index >= 15 is 0 Å².